The molecule has 0 unspecified atom stereocenters. The van der Waals surface area contributed by atoms with Crippen LogP contribution in [0.25, 0.3) is 0 Å². The maximum atomic E-state index is 11.9. The van der Waals surface area contributed by atoms with Gasteiger partial charge >= 0.3 is 12.0 Å². The molecule has 0 bridgehead atoms. The molecule has 2 amide bonds. The Balaban J connectivity index is 2.39. The molecular formula is C12H18N2O3. The molecular weight excluding hydrogens is 220 g/mol. The first-order valence-electron chi connectivity index (χ1n) is 5.77. The van der Waals surface area contributed by atoms with Crippen molar-refractivity contribution >= 4 is 12.0 Å². The van der Waals surface area contributed by atoms with Crippen molar-refractivity contribution in [2.45, 2.75) is 19.8 Å². The number of likely N-dealkylation sites (tertiary alicyclic amines) is 1. The highest BCUT2D eigenvalue weighted by Crippen LogP contribution is 2.20. The molecule has 0 radical (unpaired) electrons. The molecule has 5 heteroatoms. The molecule has 0 aromatic carbocycles. The van der Waals surface area contributed by atoms with Crippen LogP contribution in [0, 0.1) is 18.3 Å². The van der Waals surface area contributed by atoms with E-state index in [4.69, 9.17) is 11.5 Å². The lowest BCUT2D eigenvalue weighted by molar-refractivity contribution is -0.139. The molecule has 17 heavy (non-hydrogen) atoms. The zero-order valence-electron chi connectivity index (χ0n) is 10.1. The molecule has 1 N–H and O–H groups in total. The van der Waals surface area contributed by atoms with Crippen LogP contribution in [0.15, 0.2) is 0 Å². The third kappa shape index (κ3) is 3.66. The first-order valence-corrected chi connectivity index (χ1v) is 5.77. The molecule has 1 rings (SSSR count). The molecule has 0 aromatic heterocycles. The fourth-order valence-electron chi connectivity index (χ4n) is 1.92. The first-order chi connectivity index (χ1) is 8.08. The third-order valence-electron chi connectivity index (χ3n) is 2.74. The molecule has 5 nitrogen and oxygen atoms in total. The quantitative estimate of drug-likeness (QED) is 0.723. The number of urea groups is 1. The number of carboxylic acids is 1. The lowest BCUT2D eigenvalue weighted by atomic mass is 9.97. The second-order valence-corrected chi connectivity index (χ2v) is 4.28. The van der Waals surface area contributed by atoms with Gasteiger partial charge in [-0.05, 0) is 6.42 Å². The molecule has 1 heterocycles. The van der Waals surface area contributed by atoms with Crippen LogP contribution >= 0.6 is 0 Å². The number of terminal acetylenes is 1. The van der Waals surface area contributed by atoms with E-state index in [0.29, 0.717) is 26.2 Å². The van der Waals surface area contributed by atoms with Gasteiger partial charge in [0.1, 0.15) is 0 Å². The minimum atomic E-state index is -0.809. The van der Waals surface area contributed by atoms with Gasteiger partial charge < -0.3 is 14.9 Å². The normalized spacial score (nSPS) is 14.9. The van der Waals surface area contributed by atoms with Crippen molar-refractivity contribution in [3.05, 3.63) is 0 Å². The van der Waals surface area contributed by atoms with Gasteiger partial charge in [-0.1, -0.05) is 12.8 Å². The van der Waals surface area contributed by atoms with E-state index in [1.54, 1.807) is 9.80 Å². The Bertz CT molecular complexity index is 329. The monoisotopic (exact) mass is 238 g/mol. The Morgan fingerprint density at radius 3 is 2.65 bits per heavy atom. The fraction of sp³-hybridized carbons (Fsp3) is 0.667. The van der Waals surface area contributed by atoms with Crippen LogP contribution in [-0.4, -0.2) is 53.1 Å². The Morgan fingerprint density at radius 2 is 2.18 bits per heavy atom. The number of carbonyl (C=O) groups is 2. The SMILES string of the molecule is C#CCN(CCC)C(=O)N1CC(CC(=O)O)C1. The van der Waals surface area contributed by atoms with Crippen LogP contribution in [0.3, 0.4) is 0 Å². The molecule has 0 aliphatic carbocycles. The number of rotatable bonds is 5. The van der Waals surface area contributed by atoms with Crippen LogP contribution < -0.4 is 0 Å². The van der Waals surface area contributed by atoms with Gasteiger partial charge in [-0.15, -0.1) is 6.42 Å². The number of nitrogens with zero attached hydrogens (tertiary/aromatic N) is 2. The van der Waals surface area contributed by atoms with Crippen LogP contribution in [-0.2, 0) is 4.79 Å². The van der Waals surface area contributed by atoms with Crippen molar-refractivity contribution in [3.63, 3.8) is 0 Å². The summed E-state index contributed by atoms with van der Waals surface area (Å²) in [7, 11) is 0. The van der Waals surface area contributed by atoms with Crippen molar-refractivity contribution in [2.24, 2.45) is 5.92 Å². The van der Waals surface area contributed by atoms with Crippen molar-refractivity contribution in [2.75, 3.05) is 26.2 Å². The van der Waals surface area contributed by atoms with E-state index in [0.717, 1.165) is 6.42 Å². The van der Waals surface area contributed by atoms with Crippen LogP contribution in [0.5, 0.6) is 0 Å². The summed E-state index contributed by atoms with van der Waals surface area (Å²) in [5.41, 5.74) is 0. The third-order valence-corrected chi connectivity index (χ3v) is 2.74. The van der Waals surface area contributed by atoms with Crippen LogP contribution in [0.4, 0.5) is 4.79 Å². The molecule has 1 saturated heterocycles. The molecule has 0 spiro atoms. The van der Waals surface area contributed by atoms with Crippen molar-refractivity contribution < 1.29 is 14.7 Å². The maximum Gasteiger partial charge on any atom is 0.320 e. The fourth-order valence-corrected chi connectivity index (χ4v) is 1.92. The van der Waals surface area contributed by atoms with Gasteiger partial charge in [0.15, 0.2) is 0 Å². The molecule has 94 valence electrons. The molecule has 1 aliphatic heterocycles. The Labute approximate surface area is 101 Å². The second-order valence-electron chi connectivity index (χ2n) is 4.28. The predicted molar refractivity (Wildman–Crippen MR) is 63.4 cm³/mol. The summed E-state index contributed by atoms with van der Waals surface area (Å²) in [5, 5.41) is 8.61. The van der Waals surface area contributed by atoms with E-state index in [2.05, 4.69) is 5.92 Å². The summed E-state index contributed by atoms with van der Waals surface area (Å²) in [5.74, 6) is 1.74. The maximum absolute atomic E-state index is 11.9. The Kier molecular flexibility index (Phi) is 4.83. The summed E-state index contributed by atoms with van der Waals surface area (Å²) in [6.45, 7) is 3.99. The van der Waals surface area contributed by atoms with E-state index in [1.165, 1.54) is 0 Å². The van der Waals surface area contributed by atoms with Gasteiger partial charge in [-0.2, -0.15) is 0 Å². The highest BCUT2D eigenvalue weighted by Gasteiger charge is 2.33. The lowest BCUT2D eigenvalue weighted by Gasteiger charge is -2.41. The molecule has 1 aliphatic rings. The number of aliphatic carboxylic acids is 1. The minimum Gasteiger partial charge on any atom is -0.481 e. The van der Waals surface area contributed by atoms with Gasteiger partial charge in [0.2, 0.25) is 0 Å². The van der Waals surface area contributed by atoms with Crippen LogP contribution in [0.1, 0.15) is 19.8 Å². The van der Waals surface area contributed by atoms with Crippen molar-refractivity contribution in [1.82, 2.24) is 9.80 Å². The van der Waals surface area contributed by atoms with Crippen molar-refractivity contribution in [1.29, 1.82) is 0 Å². The number of hydrogen-bond acceptors (Lipinski definition) is 2. The van der Waals surface area contributed by atoms with Crippen LogP contribution in [0.2, 0.25) is 0 Å². The van der Waals surface area contributed by atoms with Gasteiger partial charge in [0.05, 0.1) is 13.0 Å². The molecule has 1 fully saturated rings. The average molecular weight is 238 g/mol. The predicted octanol–water partition coefficient (Wildman–Crippen LogP) is 0.858. The average Bonchev–Trinajstić information content (AvgIpc) is 2.21. The second kappa shape index (κ2) is 6.14. The molecule has 0 saturated carbocycles. The number of amides is 2. The number of hydrogen-bond donors (Lipinski definition) is 1. The number of carbonyl (C=O) groups excluding carboxylic acids is 1. The minimum absolute atomic E-state index is 0.0774. The Hall–Kier alpha value is -1.70. The van der Waals surface area contributed by atoms with E-state index < -0.39 is 5.97 Å². The zero-order chi connectivity index (χ0) is 12.8. The van der Waals surface area contributed by atoms with Crippen molar-refractivity contribution in [3.8, 4) is 12.3 Å². The summed E-state index contributed by atoms with van der Waals surface area (Å²) >= 11 is 0. The van der Waals surface area contributed by atoms with E-state index >= 15 is 0 Å². The summed E-state index contributed by atoms with van der Waals surface area (Å²) < 4.78 is 0. The van der Waals surface area contributed by atoms with Gasteiger partial charge in [0.25, 0.3) is 0 Å². The van der Waals surface area contributed by atoms with Gasteiger partial charge in [-0.3, -0.25) is 4.79 Å². The highest BCUT2D eigenvalue weighted by atomic mass is 16.4. The molecule has 0 atom stereocenters. The highest BCUT2D eigenvalue weighted by molar-refractivity contribution is 5.76. The smallest absolute Gasteiger partial charge is 0.320 e. The lowest BCUT2D eigenvalue weighted by Crippen LogP contribution is -2.55. The van der Waals surface area contributed by atoms with E-state index in [1.807, 2.05) is 6.92 Å². The summed E-state index contributed by atoms with van der Waals surface area (Å²) in [4.78, 5) is 25.7. The summed E-state index contributed by atoms with van der Waals surface area (Å²) in [6, 6.07) is -0.0774. The Morgan fingerprint density at radius 1 is 1.53 bits per heavy atom. The molecule has 0 aromatic rings. The standard InChI is InChI=1S/C12H18N2O3/c1-3-5-13(6-4-2)12(17)14-8-10(9-14)7-11(15)16/h1,10H,4-9H2,2H3,(H,15,16). The van der Waals surface area contributed by atoms with E-state index in [-0.39, 0.29) is 18.4 Å². The topological polar surface area (TPSA) is 60.9 Å². The van der Waals surface area contributed by atoms with E-state index in [9.17, 15) is 9.59 Å². The largest absolute Gasteiger partial charge is 0.481 e. The number of carboxylic acid groups (broad SMARTS) is 1. The van der Waals surface area contributed by atoms with Gasteiger partial charge in [-0.25, -0.2) is 4.79 Å². The van der Waals surface area contributed by atoms with Gasteiger partial charge in [0, 0.05) is 25.6 Å². The zero-order valence-corrected chi connectivity index (χ0v) is 10.1. The first kappa shape index (κ1) is 13.4. The summed E-state index contributed by atoms with van der Waals surface area (Å²) in [6.07, 6.45) is 6.20.